The van der Waals surface area contributed by atoms with Crippen molar-refractivity contribution in [3.63, 3.8) is 0 Å². The zero-order valence-electron chi connectivity index (χ0n) is 9.70. The van der Waals surface area contributed by atoms with Gasteiger partial charge in [-0.25, -0.2) is 4.79 Å². The van der Waals surface area contributed by atoms with Gasteiger partial charge in [-0.3, -0.25) is 9.59 Å². The summed E-state index contributed by atoms with van der Waals surface area (Å²) < 4.78 is 0. The van der Waals surface area contributed by atoms with Gasteiger partial charge < -0.3 is 14.9 Å². The van der Waals surface area contributed by atoms with Crippen LogP contribution in [0.25, 0.3) is 0 Å². The summed E-state index contributed by atoms with van der Waals surface area (Å²) in [4.78, 5) is 37.3. The van der Waals surface area contributed by atoms with E-state index in [1.807, 2.05) is 0 Å². The normalized spacial score (nSPS) is 23.8. The second-order valence-electron chi connectivity index (χ2n) is 4.07. The number of carbonyl (C=O) groups is 3. The minimum atomic E-state index is -0.957. The van der Waals surface area contributed by atoms with Crippen molar-refractivity contribution >= 4 is 40.6 Å². The van der Waals surface area contributed by atoms with E-state index in [1.54, 1.807) is 4.90 Å². The van der Waals surface area contributed by atoms with Crippen LogP contribution in [0.4, 0.5) is 4.79 Å². The fourth-order valence-corrected chi connectivity index (χ4v) is 3.92. The van der Waals surface area contributed by atoms with E-state index in [1.165, 1.54) is 28.4 Å². The zero-order valence-corrected chi connectivity index (χ0v) is 11.3. The van der Waals surface area contributed by atoms with Gasteiger partial charge in [0.2, 0.25) is 5.91 Å². The smallest absolute Gasteiger partial charge is 0.327 e. The molecule has 0 radical (unpaired) electrons. The first kappa shape index (κ1) is 13.5. The fraction of sp³-hybridized carbons (Fsp3) is 0.700. The Balaban J connectivity index is 1.84. The molecule has 2 heterocycles. The lowest BCUT2D eigenvalue weighted by Crippen LogP contribution is -2.42. The number of amides is 2. The predicted molar refractivity (Wildman–Crippen MR) is 69.6 cm³/mol. The topological polar surface area (TPSA) is 77.9 Å². The molecule has 18 heavy (non-hydrogen) atoms. The maximum atomic E-state index is 11.9. The average Bonchev–Trinajstić information content (AvgIpc) is 2.94. The molecule has 2 rings (SSSR count). The van der Waals surface area contributed by atoms with Gasteiger partial charge in [-0.15, -0.1) is 11.8 Å². The van der Waals surface area contributed by atoms with Crippen molar-refractivity contribution in [1.82, 2.24) is 9.80 Å². The summed E-state index contributed by atoms with van der Waals surface area (Å²) in [6, 6.07) is -0.717. The van der Waals surface area contributed by atoms with E-state index in [2.05, 4.69) is 0 Å². The van der Waals surface area contributed by atoms with Crippen LogP contribution in [0.3, 0.4) is 0 Å². The number of nitrogens with zero attached hydrogens (tertiary/aromatic N) is 2. The van der Waals surface area contributed by atoms with Gasteiger partial charge in [0.25, 0.3) is 5.24 Å². The van der Waals surface area contributed by atoms with Crippen LogP contribution in [-0.4, -0.2) is 68.5 Å². The Morgan fingerprint density at radius 2 is 2.22 bits per heavy atom. The summed E-state index contributed by atoms with van der Waals surface area (Å²) in [5.41, 5.74) is 0. The van der Waals surface area contributed by atoms with Crippen molar-refractivity contribution < 1.29 is 19.5 Å². The Morgan fingerprint density at radius 3 is 2.83 bits per heavy atom. The molecule has 1 unspecified atom stereocenters. The minimum Gasteiger partial charge on any atom is -0.480 e. The SMILES string of the molecule is O=C(O)C1CSCN1C(=O)CCN1CCSC1=O. The first-order valence-electron chi connectivity index (χ1n) is 5.61. The molecule has 0 aromatic heterocycles. The summed E-state index contributed by atoms with van der Waals surface area (Å²) in [6.45, 7) is 1.06. The second kappa shape index (κ2) is 5.83. The van der Waals surface area contributed by atoms with Crippen LogP contribution in [0.15, 0.2) is 0 Å². The van der Waals surface area contributed by atoms with Crippen molar-refractivity contribution in [3.8, 4) is 0 Å². The molecule has 2 aliphatic heterocycles. The first-order chi connectivity index (χ1) is 8.59. The number of aliphatic carboxylic acids is 1. The fourth-order valence-electron chi connectivity index (χ4n) is 1.90. The Morgan fingerprint density at radius 1 is 1.44 bits per heavy atom. The third kappa shape index (κ3) is 2.92. The molecule has 1 N–H and O–H groups in total. The maximum Gasteiger partial charge on any atom is 0.327 e. The quantitative estimate of drug-likeness (QED) is 0.814. The van der Waals surface area contributed by atoms with Crippen molar-refractivity contribution in [2.45, 2.75) is 12.5 Å². The highest BCUT2D eigenvalue weighted by atomic mass is 32.2. The third-order valence-corrected chi connectivity index (χ3v) is 4.83. The van der Waals surface area contributed by atoms with Crippen LogP contribution < -0.4 is 0 Å². The lowest BCUT2D eigenvalue weighted by molar-refractivity contribution is -0.147. The summed E-state index contributed by atoms with van der Waals surface area (Å²) in [6.07, 6.45) is 0.205. The molecule has 6 nitrogen and oxygen atoms in total. The standard InChI is InChI=1S/C10H14N2O4S2/c13-8(1-2-11-3-4-18-10(11)16)12-6-17-5-7(12)9(14)15/h7H,1-6H2,(H,14,15). The first-order valence-corrected chi connectivity index (χ1v) is 7.75. The number of hydrogen-bond donors (Lipinski definition) is 1. The van der Waals surface area contributed by atoms with Gasteiger partial charge in [-0.05, 0) is 0 Å². The summed E-state index contributed by atoms with van der Waals surface area (Å²) in [5, 5.41) is 8.99. The highest BCUT2D eigenvalue weighted by Crippen LogP contribution is 2.22. The van der Waals surface area contributed by atoms with E-state index in [0.717, 1.165) is 5.75 Å². The van der Waals surface area contributed by atoms with Crippen LogP contribution in [-0.2, 0) is 9.59 Å². The monoisotopic (exact) mass is 290 g/mol. The molecular formula is C10H14N2O4S2. The molecule has 0 aliphatic carbocycles. The minimum absolute atomic E-state index is 0.00776. The number of carboxylic acids is 1. The molecule has 2 saturated heterocycles. The summed E-state index contributed by atoms with van der Waals surface area (Å²) >= 11 is 2.70. The number of carbonyl (C=O) groups excluding carboxylic acids is 2. The predicted octanol–water partition coefficient (Wildman–Crippen LogP) is 0.531. The van der Waals surface area contributed by atoms with Crippen molar-refractivity contribution in [3.05, 3.63) is 0 Å². The summed E-state index contributed by atoms with van der Waals surface area (Å²) in [5.74, 6) is 0.501. The van der Waals surface area contributed by atoms with E-state index in [4.69, 9.17) is 5.11 Å². The Bertz CT molecular complexity index is 377. The molecule has 2 fully saturated rings. The van der Waals surface area contributed by atoms with Gasteiger partial charge >= 0.3 is 5.97 Å². The Labute approximate surface area is 113 Å². The molecule has 2 amide bonds. The maximum absolute atomic E-state index is 11.9. The van der Waals surface area contributed by atoms with Crippen LogP contribution in [0.2, 0.25) is 0 Å². The van der Waals surface area contributed by atoms with Gasteiger partial charge in [0.05, 0.1) is 5.88 Å². The molecular weight excluding hydrogens is 276 g/mol. The van der Waals surface area contributed by atoms with Crippen molar-refractivity contribution in [2.75, 3.05) is 30.5 Å². The van der Waals surface area contributed by atoms with Gasteiger partial charge in [0.15, 0.2) is 0 Å². The number of carboxylic acid groups (broad SMARTS) is 1. The average molecular weight is 290 g/mol. The van der Waals surface area contributed by atoms with E-state index < -0.39 is 12.0 Å². The number of rotatable bonds is 4. The number of thioether (sulfide) groups is 2. The highest BCUT2D eigenvalue weighted by Gasteiger charge is 2.34. The molecule has 0 spiro atoms. The highest BCUT2D eigenvalue weighted by molar-refractivity contribution is 8.13. The van der Waals surface area contributed by atoms with E-state index in [-0.39, 0.29) is 17.6 Å². The lowest BCUT2D eigenvalue weighted by Gasteiger charge is -2.22. The Hall–Kier alpha value is -0.890. The van der Waals surface area contributed by atoms with Gasteiger partial charge in [0.1, 0.15) is 6.04 Å². The van der Waals surface area contributed by atoms with Crippen molar-refractivity contribution in [1.29, 1.82) is 0 Å². The molecule has 100 valence electrons. The Kier molecular flexibility index (Phi) is 4.39. The molecule has 0 aromatic rings. The largest absolute Gasteiger partial charge is 0.480 e. The molecule has 1 atom stereocenters. The number of hydrogen-bond acceptors (Lipinski definition) is 5. The van der Waals surface area contributed by atoms with E-state index in [0.29, 0.717) is 24.7 Å². The van der Waals surface area contributed by atoms with Crippen LogP contribution in [0.1, 0.15) is 6.42 Å². The van der Waals surface area contributed by atoms with Gasteiger partial charge in [-0.1, -0.05) is 11.8 Å². The van der Waals surface area contributed by atoms with E-state index in [9.17, 15) is 14.4 Å². The third-order valence-electron chi connectivity index (χ3n) is 2.93. The molecule has 0 saturated carbocycles. The summed E-state index contributed by atoms with van der Waals surface area (Å²) in [7, 11) is 0. The van der Waals surface area contributed by atoms with Crippen LogP contribution >= 0.6 is 23.5 Å². The van der Waals surface area contributed by atoms with E-state index >= 15 is 0 Å². The zero-order chi connectivity index (χ0) is 13.1. The van der Waals surface area contributed by atoms with Gasteiger partial charge in [-0.2, -0.15) is 0 Å². The second-order valence-corrected chi connectivity index (χ2v) is 6.11. The molecule has 0 bridgehead atoms. The van der Waals surface area contributed by atoms with Gasteiger partial charge in [0, 0.05) is 31.0 Å². The molecule has 2 aliphatic rings. The molecule has 0 aromatic carbocycles. The lowest BCUT2D eigenvalue weighted by atomic mass is 10.2. The van der Waals surface area contributed by atoms with Crippen LogP contribution in [0.5, 0.6) is 0 Å². The van der Waals surface area contributed by atoms with Crippen LogP contribution in [0, 0.1) is 0 Å². The van der Waals surface area contributed by atoms with Crippen molar-refractivity contribution in [2.24, 2.45) is 0 Å². The molecule has 8 heteroatoms.